The average Bonchev–Trinajstić information content (AvgIpc) is 3.88. The molecule has 0 aromatic carbocycles. The third kappa shape index (κ3) is 9.60. The molecule has 0 spiro atoms. The predicted octanol–water partition coefficient (Wildman–Crippen LogP) is 3.64. The minimum absolute atomic E-state index is 0.0385. The number of esters is 3. The monoisotopic (exact) mass is 803 g/mol. The molecule has 6 fully saturated rings. The summed E-state index contributed by atoms with van der Waals surface area (Å²) in [6.07, 6.45) is 9.61. The van der Waals surface area contributed by atoms with Gasteiger partial charge in [-0.15, -0.1) is 6.58 Å². The van der Waals surface area contributed by atoms with Crippen LogP contribution in [0.3, 0.4) is 0 Å². The van der Waals surface area contributed by atoms with E-state index < -0.39 is 17.3 Å². The molecule has 8 bridgehead atoms. The number of ether oxygens (including phenoxy) is 6. The first kappa shape index (κ1) is 44.4. The largest absolute Gasteiger partial charge is 0.469 e. The molecule has 1 saturated carbocycles. The summed E-state index contributed by atoms with van der Waals surface area (Å²) in [4.78, 5) is 40.4. The van der Waals surface area contributed by atoms with Gasteiger partial charge >= 0.3 is 17.9 Å². The van der Waals surface area contributed by atoms with Gasteiger partial charge in [-0.05, 0) is 86.9 Å². The van der Waals surface area contributed by atoms with E-state index >= 15 is 0 Å². The molecule has 6 rings (SSSR count). The Hall–Kier alpha value is -2.13. The summed E-state index contributed by atoms with van der Waals surface area (Å²) >= 11 is 0. The summed E-state index contributed by atoms with van der Waals surface area (Å²) < 4.78 is 32.5. The van der Waals surface area contributed by atoms with E-state index in [1.807, 2.05) is 0 Å². The highest BCUT2D eigenvalue weighted by atomic mass is 16.6. The highest BCUT2D eigenvalue weighted by molar-refractivity contribution is 5.83. The molecule has 1 aliphatic carbocycles. The van der Waals surface area contributed by atoms with Crippen molar-refractivity contribution in [2.75, 3.05) is 61.0 Å². The fourth-order valence-electron chi connectivity index (χ4n) is 12.7. The van der Waals surface area contributed by atoms with Gasteiger partial charge in [-0.25, -0.2) is 0 Å². The van der Waals surface area contributed by atoms with E-state index in [0.29, 0.717) is 87.8 Å². The molecule has 13 nitrogen and oxygen atoms in total. The SMILES string of the molecule is C=CC1C2CC3NC(CC3C)CC3NC(CC4NC(CC(N2)C1C)C1CCC(C(=O)OC)[C@H](C(=O)OC)[C@]41C)C(C)C3CCC(=O)OCCOCCOCCOC. The van der Waals surface area contributed by atoms with Gasteiger partial charge in [-0.3, -0.25) is 14.4 Å². The van der Waals surface area contributed by atoms with E-state index in [2.05, 4.69) is 61.6 Å². The Morgan fingerprint density at radius 2 is 1.37 bits per heavy atom. The Bertz CT molecular complexity index is 1370. The number of carbonyl (C=O) groups excluding carboxylic acids is 3. The molecular weight excluding hydrogens is 729 g/mol. The van der Waals surface area contributed by atoms with E-state index in [9.17, 15) is 14.4 Å². The fraction of sp³-hybridized carbons (Fsp3) is 0.886. The van der Waals surface area contributed by atoms with Crippen LogP contribution in [0.1, 0.15) is 85.5 Å². The van der Waals surface area contributed by atoms with Crippen molar-refractivity contribution in [2.24, 2.45) is 52.8 Å². The number of methoxy groups -OCH3 is 3. The van der Waals surface area contributed by atoms with Crippen molar-refractivity contribution in [3.05, 3.63) is 12.7 Å². The second kappa shape index (κ2) is 20.0. The van der Waals surface area contributed by atoms with Crippen LogP contribution in [0.2, 0.25) is 0 Å². The third-order valence-electron chi connectivity index (χ3n) is 15.7. The van der Waals surface area contributed by atoms with Gasteiger partial charge < -0.3 is 49.7 Å². The third-order valence-corrected chi connectivity index (χ3v) is 15.7. The molecule has 57 heavy (non-hydrogen) atoms. The van der Waals surface area contributed by atoms with Gasteiger partial charge in [0.15, 0.2) is 0 Å². The summed E-state index contributed by atoms with van der Waals surface area (Å²) in [5.41, 5.74) is -0.533. The predicted molar refractivity (Wildman–Crippen MR) is 216 cm³/mol. The molecule has 5 aliphatic heterocycles. The molecule has 324 valence electrons. The number of rotatable bonds is 15. The lowest BCUT2D eigenvalue weighted by Crippen LogP contribution is -2.55. The van der Waals surface area contributed by atoms with Gasteiger partial charge in [0, 0.05) is 67.3 Å². The van der Waals surface area contributed by atoms with Crippen LogP contribution >= 0.6 is 0 Å². The molecule has 15 unspecified atom stereocenters. The summed E-state index contributed by atoms with van der Waals surface area (Å²) in [6.45, 7) is 16.2. The molecule has 0 aromatic rings. The van der Waals surface area contributed by atoms with Gasteiger partial charge in [0.05, 0.1) is 59.1 Å². The van der Waals surface area contributed by atoms with Crippen LogP contribution in [0.5, 0.6) is 0 Å². The number of hydrogen-bond donors (Lipinski definition) is 4. The molecule has 4 N–H and O–H groups in total. The van der Waals surface area contributed by atoms with Crippen molar-refractivity contribution in [1.82, 2.24) is 21.3 Å². The lowest BCUT2D eigenvalue weighted by atomic mass is 9.54. The van der Waals surface area contributed by atoms with Crippen LogP contribution < -0.4 is 21.3 Å². The topological polar surface area (TPSA) is 155 Å². The van der Waals surface area contributed by atoms with Gasteiger partial charge in [-0.1, -0.05) is 33.8 Å². The lowest BCUT2D eigenvalue weighted by molar-refractivity contribution is -0.170. The smallest absolute Gasteiger partial charge is 0.310 e. The van der Waals surface area contributed by atoms with Crippen molar-refractivity contribution >= 4 is 17.9 Å². The fourth-order valence-corrected chi connectivity index (χ4v) is 12.7. The molecule has 0 amide bonds. The second-order valence-electron chi connectivity index (χ2n) is 18.6. The molecule has 17 atom stereocenters. The van der Waals surface area contributed by atoms with Crippen molar-refractivity contribution in [1.29, 1.82) is 0 Å². The maximum atomic E-state index is 13.9. The van der Waals surface area contributed by atoms with Gasteiger partial charge in [-0.2, -0.15) is 0 Å². The first-order chi connectivity index (χ1) is 27.4. The zero-order valence-corrected chi connectivity index (χ0v) is 35.8. The minimum Gasteiger partial charge on any atom is -0.469 e. The van der Waals surface area contributed by atoms with Crippen LogP contribution in [0.4, 0.5) is 0 Å². The van der Waals surface area contributed by atoms with Gasteiger partial charge in [0.25, 0.3) is 0 Å². The molecule has 13 heteroatoms. The second-order valence-corrected chi connectivity index (χ2v) is 18.6. The molecule has 5 saturated heterocycles. The van der Waals surface area contributed by atoms with Crippen LogP contribution in [0.15, 0.2) is 12.7 Å². The number of carbonyl (C=O) groups is 3. The normalized spacial score (nSPS) is 42.6. The Kier molecular flexibility index (Phi) is 15.6. The van der Waals surface area contributed by atoms with Crippen LogP contribution in [0, 0.1) is 52.8 Å². The van der Waals surface area contributed by atoms with Crippen molar-refractivity contribution in [3.8, 4) is 0 Å². The lowest BCUT2D eigenvalue weighted by Gasteiger charge is -2.49. The maximum absolute atomic E-state index is 13.9. The Labute approximate surface area is 341 Å². The van der Waals surface area contributed by atoms with E-state index in [1.54, 1.807) is 7.11 Å². The zero-order valence-electron chi connectivity index (χ0n) is 35.8. The Morgan fingerprint density at radius 3 is 2.07 bits per heavy atom. The summed E-state index contributed by atoms with van der Waals surface area (Å²) in [7, 11) is 4.50. The molecular formula is C44H74N4O9. The number of fused-ring (bicyclic) bond motifs is 11. The first-order valence-electron chi connectivity index (χ1n) is 22.1. The van der Waals surface area contributed by atoms with Gasteiger partial charge in [0.2, 0.25) is 0 Å². The van der Waals surface area contributed by atoms with E-state index in [-0.39, 0.29) is 66.4 Å². The summed E-state index contributed by atoms with van der Waals surface area (Å²) in [6, 6.07) is 1.94. The quantitative estimate of drug-likeness (QED) is 0.0826. The Morgan fingerprint density at radius 1 is 0.702 bits per heavy atom. The molecule has 0 aromatic heterocycles. The van der Waals surface area contributed by atoms with E-state index in [4.69, 9.17) is 28.4 Å². The summed E-state index contributed by atoms with van der Waals surface area (Å²) in [5, 5.41) is 16.5. The van der Waals surface area contributed by atoms with E-state index in [0.717, 1.165) is 44.9 Å². The number of hydrogen-bond acceptors (Lipinski definition) is 13. The molecule has 6 aliphatic rings. The highest BCUT2D eigenvalue weighted by Gasteiger charge is 2.64. The zero-order chi connectivity index (χ0) is 40.9. The van der Waals surface area contributed by atoms with Crippen molar-refractivity contribution in [2.45, 2.75) is 134 Å². The molecule has 5 heterocycles. The maximum Gasteiger partial charge on any atom is 0.310 e. The van der Waals surface area contributed by atoms with Crippen molar-refractivity contribution in [3.63, 3.8) is 0 Å². The average molecular weight is 803 g/mol. The standard InChI is InChI=1S/C44H74N4O9/c1-9-29-26(3)34-23-38-32-12-10-31(42(50)53-7)41(43(51)54-8)44(32,5)39(48-38)24-35-27(4)30(11-13-40(49)57-19-18-56-17-16-55-15-14-52-6)36(47-35)21-28-20-25(2)33(45-28)22-37(29)46-34/h9,25-39,41,45-48H,1,10-24H2,2-8H3/t25?,26?,27?,28?,29?,30?,31?,32?,33?,34?,35?,36?,37?,38?,39?,41-,44+/m1/s1. The highest BCUT2D eigenvalue weighted by Crippen LogP contribution is 2.58. The number of nitrogens with one attached hydrogen (secondary N) is 4. The van der Waals surface area contributed by atoms with E-state index in [1.165, 1.54) is 14.2 Å². The van der Waals surface area contributed by atoms with Crippen molar-refractivity contribution < 1.29 is 42.8 Å². The molecule has 0 radical (unpaired) electrons. The summed E-state index contributed by atoms with van der Waals surface area (Å²) in [5.74, 6) is 0.0619. The Balaban J connectivity index is 1.22. The minimum atomic E-state index is -0.618. The van der Waals surface area contributed by atoms with Crippen LogP contribution in [-0.4, -0.2) is 127 Å². The van der Waals surface area contributed by atoms with Gasteiger partial charge in [0.1, 0.15) is 6.61 Å². The van der Waals surface area contributed by atoms with Crippen LogP contribution in [0.25, 0.3) is 0 Å². The first-order valence-corrected chi connectivity index (χ1v) is 22.1. The van der Waals surface area contributed by atoms with Crippen LogP contribution in [-0.2, 0) is 42.8 Å².